The Bertz CT molecular complexity index is 1300. The van der Waals surface area contributed by atoms with Gasteiger partial charge in [-0.1, -0.05) is 64.5 Å². The first-order valence-corrected chi connectivity index (χ1v) is 21.3. The predicted molar refractivity (Wildman–Crippen MR) is 221 cm³/mol. The van der Waals surface area contributed by atoms with Gasteiger partial charge in [0.15, 0.2) is 0 Å². The molecular weight excluding hydrogens is 732 g/mol. The molecule has 2 rings (SSSR count). The minimum absolute atomic E-state index is 0.0928. The fraction of sp³-hybridized carbons (Fsp3) is 0.738. The van der Waals surface area contributed by atoms with Gasteiger partial charge in [0.05, 0.1) is 26.2 Å². The lowest BCUT2D eigenvalue weighted by molar-refractivity contribution is -0.141. The number of nitrogens with one attached hydrogen (secondary N) is 2. The van der Waals surface area contributed by atoms with E-state index in [4.69, 9.17) is 4.74 Å². The SMILES string of the molecule is CCCCCC(=O)NCCCCCC(=O)NCCCCCCCOc1ccc(CC2CN(CC)CCN(CC(=O)O)CCN(CC(=O)O)CCN2CC(=O)O)cc1. The highest BCUT2D eigenvalue weighted by atomic mass is 16.5. The molecule has 5 N–H and O–H groups in total. The van der Waals surface area contributed by atoms with Gasteiger partial charge in [-0.3, -0.25) is 38.7 Å². The maximum atomic E-state index is 12.1. The molecule has 1 fully saturated rings. The van der Waals surface area contributed by atoms with Crippen molar-refractivity contribution in [1.82, 2.24) is 30.2 Å². The summed E-state index contributed by atoms with van der Waals surface area (Å²) in [6, 6.07) is 7.74. The molecular formula is C42H72N6O9. The molecule has 1 atom stereocenters. The number of rotatable bonds is 28. The van der Waals surface area contributed by atoms with Crippen LogP contribution in [-0.4, -0.2) is 162 Å². The average Bonchev–Trinajstić information content (AvgIpc) is 3.16. The van der Waals surface area contributed by atoms with E-state index < -0.39 is 17.9 Å². The Morgan fingerprint density at radius 1 is 0.614 bits per heavy atom. The van der Waals surface area contributed by atoms with Gasteiger partial charge in [-0.05, 0) is 62.8 Å². The summed E-state index contributed by atoms with van der Waals surface area (Å²) in [6.45, 7) is 9.50. The Morgan fingerprint density at radius 2 is 1.11 bits per heavy atom. The van der Waals surface area contributed by atoms with E-state index in [2.05, 4.69) is 22.5 Å². The van der Waals surface area contributed by atoms with E-state index in [-0.39, 0.29) is 37.5 Å². The maximum absolute atomic E-state index is 12.1. The summed E-state index contributed by atoms with van der Waals surface area (Å²) in [5, 5.41) is 34.8. The van der Waals surface area contributed by atoms with Gasteiger partial charge in [0.1, 0.15) is 5.75 Å². The molecule has 2 amide bonds. The third-order valence-corrected chi connectivity index (χ3v) is 10.4. The first kappa shape index (κ1) is 49.4. The number of likely N-dealkylation sites (N-methyl/N-ethyl adjacent to an activating group) is 1. The molecule has 0 radical (unpaired) electrons. The van der Waals surface area contributed by atoms with E-state index in [1.807, 2.05) is 41.0 Å². The van der Waals surface area contributed by atoms with Crippen LogP contribution in [0.15, 0.2) is 24.3 Å². The van der Waals surface area contributed by atoms with Gasteiger partial charge in [0.25, 0.3) is 0 Å². The van der Waals surface area contributed by atoms with E-state index in [1.165, 1.54) is 0 Å². The molecule has 324 valence electrons. The second-order valence-corrected chi connectivity index (χ2v) is 15.2. The minimum Gasteiger partial charge on any atom is -0.494 e. The Labute approximate surface area is 340 Å². The largest absolute Gasteiger partial charge is 0.494 e. The van der Waals surface area contributed by atoms with Gasteiger partial charge >= 0.3 is 17.9 Å². The number of carboxylic acid groups (broad SMARTS) is 3. The molecule has 1 unspecified atom stereocenters. The Hall–Kier alpha value is -3.79. The number of carbonyl (C=O) groups excluding carboxylic acids is 2. The fourth-order valence-electron chi connectivity index (χ4n) is 7.00. The number of hydrogen-bond donors (Lipinski definition) is 5. The van der Waals surface area contributed by atoms with Crippen molar-refractivity contribution in [2.24, 2.45) is 0 Å². The number of carboxylic acids is 3. The van der Waals surface area contributed by atoms with Crippen LogP contribution in [0.1, 0.15) is 103 Å². The Balaban J connectivity index is 1.75. The molecule has 1 aliphatic heterocycles. The van der Waals surface area contributed by atoms with Crippen molar-refractivity contribution in [3.05, 3.63) is 29.8 Å². The van der Waals surface area contributed by atoms with Crippen LogP contribution in [0.25, 0.3) is 0 Å². The van der Waals surface area contributed by atoms with Crippen molar-refractivity contribution in [3.8, 4) is 5.75 Å². The first-order valence-electron chi connectivity index (χ1n) is 21.3. The molecule has 15 nitrogen and oxygen atoms in total. The summed E-state index contributed by atoms with van der Waals surface area (Å²) in [4.78, 5) is 66.8. The van der Waals surface area contributed by atoms with Crippen molar-refractivity contribution in [2.45, 2.75) is 110 Å². The van der Waals surface area contributed by atoms with E-state index in [1.54, 1.807) is 4.90 Å². The van der Waals surface area contributed by atoms with Crippen LogP contribution in [0, 0.1) is 0 Å². The number of unbranched alkanes of at least 4 members (excludes halogenated alkanes) is 8. The zero-order valence-corrected chi connectivity index (χ0v) is 34.8. The number of nitrogens with zero attached hydrogens (tertiary/aromatic N) is 4. The molecule has 1 aromatic carbocycles. The summed E-state index contributed by atoms with van der Waals surface area (Å²) >= 11 is 0. The fourth-order valence-corrected chi connectivity index (χ4v) is 7.00. The number of benzene rings is 1. The highest BCUT2D eigenvalue weighted by molar-refractivity contribution is 5.76. The molecule has 0 spiro atoms. The van der Waals surface area contributed by atoms with Gasteiger partial charge < -0.3 is 35.6 Å². The van der Waals surface area contributed by atoms with Crippen LogP contribution in [0.5, 0.6) is 5.75 Å². The highest BCUT2D eigenvalue weighted by Gasteiger charge is 2.26. The predicted octanol–water partition coefficient (Wildman–Crippen LogP) is 3.80. The Kier molecular flexibility index (Phi) is 26.2. The highest BCUT2D eigenvalue weighted by Crippen LogP contribution is 2.18. The number of carbonyl (C=O) groups is 5. The third kappa shape index (κ3) is 24.6. The zero-order valence-electron chi connectivity index (χ0n) is 34.8. The van der Waals surface area contributed by atoms with Gasteiger partial charge in [-0.15, -0.1) is 0 Å². The molecule has 0 aromatic heterocycles. The third-order valence-electron chi connectivity index (χ3n) is 10.4. The Morgan fingerprint density at radius 3 is 1.65 bits per heavy atom. The van der Waals surface area contributed by atoms with Gasteiger partial charge in [0.2, 0.25) is 11.8 Å². The number of amides is 2. The second kappa shape index (κ2) is 30.3. The van der Waals surface area contributed by atoms with Crippen LogP contribution in [0.2, 0.25) is 0 Å². The summed E-state index contributed by atoms with van der Waals surface area (Å²) in [5.41, 5.74) is 1.03. The summed E-state index contributed by atoms with van der Waals surface area (Å²) in [5.74, 6) is -1.87. The monoisotopic (exact) mass is 805 g/mol. The summed E-state index contributed by atoms with van der Waals surface area (Å²) < 4.78 is 6.01. The van der Waals surface area contributed by atoms with E-state index in [9.17, 15) is 39.3 Å². The van der Waals surface area contributed by atoms with Crippen LogP contribution < -0.4 is 15.4 Å². The lowest BCUT2D eigenvalue weighted by Gasteiger charge is -2.37. The van der Waals surface area contributed by atoms with Gasteiger partial charge in [0, 0.05) is 77.8 Å². The van der Waals surface area contributed by atoms with E-state index >= 15 is 0 Å². The van der Waals surface area contributed by atoms with E-state index in [0.29, 0.717) is 84.8 Å². The average molecular weight is 805 g/mol. The van der Waals surface area contributed by atoms with E-state index in [0.717, 1.165) is 88.5 Å². The van der Waals surface area contributed by atoms with Crippen molar-refractivity contribution < 1.29 is 44.0 Å². The van der Waals surface area contributed by atoms with Crippen molar-refractivity contribution in [1.29, 1.82) is 0 Å². The second-order valence-electron chi connectivity index (χ2n) is 15.2. The summed E-state index contributed by atoms with van der Waals surface area (Å²) in [6.07, 6.45) is 12.5. The first-order chi connectivity index (χ1) is 27.5. The van der Waals surface area contributed by atoms with Crippen LogP contribution in [0.4, 0.5) is 0 Å². The quantitative estimate of drug-likeness (QED) is 0.0770. The number of hydrogen-bond acceptors (Lipinski definition) is 10. The topological polar surface area (TPSA) is 192 Å². The molecule has 15 heteroatoms. The molecule has 57 heavy (non-hydrogen) atoms. The molecule has 1 aliphatic rings. The van der Waals surface area contributed by atoms with Crippen LogP contribution >= 0.6 is 0 Å². The van der Waals surface area contributed by atoms with Crippen LogP contribution in [0.3, 0.4) is 0 Å². The smallest absolute Gasteiger partial charge is 0.317 e. The summed E-state index contributed by atoms with van der Waals surface area (Å²) in [7, 11) is 0. The zero-order chi connectivity index (χ0) is 41.7. The maximum Gasteiger partial charge on any atom is 0.317 e. The number of ether oxygens (including phenoxy) is 1. The molecule has 1 heterocycles. The van der Waals surface area contributed by atoms with Gasteiger partial charge in [-0.2, -0.15) is 0 Å². The lowest BCUT2D eigenvalue weighted by atomic mass is 10.0. The lowest BCUT2D eigenvalue weighted by Crippen LogP contribution is -2.52. The minimum atomic E-state index is -0.985. The van der Waals surface area contributed by atoms with Crippen molar-refractivity contribution in [2.75, 3.05) is 91.7 Å². The van der Waals surface area contributed by atoms with Crippen molar-refractivity contribution in [3.63, 3.8) is 0 Å². The molecule has 1 aromatic rings. The van der Waals surface area contributed by atoms with Gasteiger partial charge in [-0.25, -0.2) is 0 Å². The van der Waals surface area contributed by atoms with Crippen molar-refractivity contribution >= 4 is 29.7 Å². The standard InChI is InChI=1S/C42H72N6O9/c1-3-5-10-15-38(49)44-22-13-9-11-16-39(50)43-21-12-7-6-8-14-29-57-37-19-17-35(18-20-37)30-36-31-45(4-2)23-24-46(32-40(51)52)25-26-47(33-41(53)54)27-28-48(36)34-42(55)56/h17-20,36H,3-16,21-34H2,1-2H3,(H,43,50)(H,44,49)(H,51,52)(H,53,54)(H,55,56). The molecule has 0 bridgehead atoms. The molecule has 1 saturated heterocycles. The normalized spacial score (nSPS) is 16.6. The molecule has 0 saturated carbocycles. The number of aliphatic carboxylic acids is 3. The van der Waals surface area contributed by atoms with Crippen LogP contribution in [-0.2, 0) is 30.4 Å². The molecule has 0 aliphatic carbocycles.